The van der Waals surface area contributed by atoms with Crippen LogP contribution < -0.4 is 0 Å². The summed E-state index contributed by atoms with van der Waals surface area (Å²) in [6.07, 6.45) is 1.76. The molecule has 0 saturated heterocycles. The van der Waals surface area contributed by atoms with Gasteiger partial charge in [-0.25, -0.2) is 0 Å². The van der Waals surface area contributed by atoms with Crippen LogP contribution in [0.25, 0.3) is 0 Å². The van der Waals surface area contributed by atoms with E-state index in [4.69, 9.17) is 0 Å². The highest BCUT2D eigenvalue weighted by molar-refractivity contribution is 8.00. The molecule has 0 saturated carbocycles. The predicted octanol–water partition coefficient (Wildman–Crippen LogP) is 2.01. The van der Waals surface area contributed by atoms with E-state index in [1.54, 1.807) is 6.26 Å². The molecule has 0 aromatic carbocycles. The van der Waals surface area contributed by atoms with Crippen molar-refractivity contribution >= 4 is 15.4 Å². The Bertz CT molecular complexity index is 192. The van der Waals surface area contributed by atoms with E-state index in [2.05, 4.69) is 33.6 Å². The fourth-order valence-electron chi connectivity index (χ4n) is 1.92. The van der Waals surface area contributed by atoms with Crippen LogP contribution in [0.4, 0.5) is 0 Å². The van der Waals surface area contributed by atoms with Gasteiger partial charge in [0, 0.05) is 11.5 Å². The maximum Gasteiger partial charge on any atom is 0.0315 e. The smallest absolute Gasteiger partial charge is 0.0315 e. The van der Waals surface area contributed by atoms with Crippen molar-refractivity contribution in [2.45, 2.75) is 32.9 Å². The molecule has 1 nitrogen and oxygen atoms in total. The van der Waals surface area contributed by atoms with Crippen LogP contribution in [-0.2, 0) is 9.52 Å². The van der Waals surface area contributed by atoms with E-state index in [1.165, 1.54) is 0 Å². The summed E-state index contributed by atoms with van der Waals surface area (Å²) in [5, 5.41) is 0.252. The van der Waals surface area contributed by atoms with Crippen molar-refractivity contribution in [3.05, 3.63) is 0 Å². The van der Waals surface area contributed by atoms with Crippen LogP contribution in [0.1, 0.15) is 27.7 Å². The Balaban J connectivity index is 4.64. The van der Waals surface area contributed by atoms with Crippen molar-refractivity contribution in [3.8, 4) is 0 Å². The van der Waals surface area contributed by atoms with Gasteiger partial charge in [0.15, 0.2) is 0 Å². The molecule has 0 rings (SSSR count). The van der Waals surface area contributed by atoms with Gasteiger partial charge in [0.25, 0.3) is 0 Å². The molecule has 0 aliphatic carbocycles. The third-order valence-corrected chi connectivity index (χ3v) is 4.13. The number of hydrogen-bond donors (Lipinski definition) is 0. The third kappa shape index (κ3) is 3.28. The Labute approximate surface area is 71.2 Å². The van der Waals surface area contributed by atoms with Gasteiger partial charge in [0.2, 0.25) is 0 Å². The van der Waals surface area contributed by atoms with Crippen molar-refractivity contribution in [1.29, 1.82) is 0 Å². The molecule has 0 aliphatic rings. The average molecular weight is 176 g/mol. The van der Waals surface area contributed by atoms with E-state index in [1.807, 2.05) is 0 Å². The van der Waals surface area contributed by atoms with E-state index in [0.29, 0.717) is 11.8 Å². The highest BCUT2D eigenvalue weighted by Crippen LogP contribution is 2.19. The molecule has 68 valence electrons. The lowest BCUT2D eigenvalue weighted by atomic mass is 10.0. The summed E-state index contributed by atoms with van der Waals surface area (Å²) < 4.78 is 11.7. The molecule has 0 aromatic heterocycles. The Kier molecular flexibility index (Phi) is 3.62. The van der Waals surface area contributed by atoms with E-state index in [-0.39, 0.29) is 5.25 Å². The molecule has 0 aromatic rings. The fourth-order valence-corrected chi connectivity index (χ4v) is 4.22. The van der Waals surface area contributed by atoms with Gasteiger partial charge in [0.05, 0.1) is 0 Å². The summed E-state index contributed by atoms with van der Waals surface area (Å²) >= 11 is 0. The molecule has 0 N–H and O–H groups in total. The van der Waals surface area contributed by atoms with Gasteiger partial charge < -0.3 is 0 Å². The van der Waals surface area contributed by atoms with Gasteiger partial charge in [-0.05, 0) is 27.2 Å². The Hall–Kier alpha value is 0.0200. The third-order valence-electron chi connectivity index (χ3n) is 1.89. The Morgan fingerprint density at radius 1 is 1.09 bits per heavy atom. The van der Waals surface area contributed by atoms with E-state index in [9.17, 15) is 4.21 Å². The minimum Gasteiger partial charge on any atom is -0.268 e. The second kappa shape index (κ2) is 3.61. The van der Waals surface area contributed by atoms with Crippen molar-refractivity contribution < 1.29 is 4.21 Å². The first-order valence-corrected chi connectivity index (χ1v) is 6.27. The maximum absolute atomic E-state index is 11.7. The normalized spacial score (nSPS) is 17.8. The summed E-state index contributed by atoms with van der Waals surface area (Å²) in [6, 6.07) is 0. The topological polar surface area (TPSA) is 17.1 Å². The van der Waals surface area contributed by atoms with Gasteiger partial charge in [-0.2, -0.15) is 0 Å². The van der Waals surface area contributed by atoms with Gasteiger partial charge in [0.1, 0.15) is 0 Å². The number of hydrogen-bond acceptors (Lipinski definition) is 1. The minimum atomic E-state index is -1.86. The van der Waals surface area contributed by atoms with Gasteiger partial charge in [-0.15, -0.1) is 0 Å². The second-order valence-electron chi connectivity index (χ2n) is 4.02. The molecule has 0 amide bonds. The molecule has 1 atom stereocenters. The van der Waals surface area contributed by atoms with Crippen LogP contribution in [0.2, 0.25) is 0 Å². The predicted molar refractivity (Wildman–Crippen MR) is 54.7 cm³/mol. The van der Waals surface area contributed by atoms with Gasteiger partial charge in [-0.3, -0.25) is 4.21 Å². The van der Waals surface area contributed by atoms with Crippen molar-refractivity contribution in [2.24, 2.45) is 11.8 Å². The quantitative estimate of drug-likeness (QED) is 0.601. The zero-order valence-corrected chi connectivity index (χ0v) is 9.07. The lowest BCUT2D eigenvalue weighted by Crippen LogP contribution is -2.30. The molecule has 0 spiro atoms. The van der Waals surface area contributed by atoms with E-state index >= 15 is 0 Å². The highest BCUT2D eigenvalue weighted by Gasteiger charge is 2.22. The Morgan fingerprint density at radius 3 is 1.36 bits per heavy atom. The van der Waals surface area contributed by atoms with Crippen LogP contribution in [0, 0.1) is 11.8 Å². The minimum absolute atomic E-state index is 0.252. The molecule has 0 fully saturated rings. The first kappa shape index (κ1) is 11.0. The summed E-state index contributed by atoms with van der Waals surface area (Å²) in [6.45, 7) is 8.44. The van der Waals surface area contributed by atoms with Crippen LogP contribution in [-0.4, -0.2) is 21.6 Å². The molecule has 1 unspecified atom stereocenters. The monoisotopic (exact) mass is 176 g/mol. The van der Waals surface area contributed by atoms with Crippen molar-refractivity contribution in [1.82, 2.24) is 0 Å². The average Bonchev–Trinajstić information content (AvgIpc) is 1.54. The number of rotatable bonds is 3. The molecule has 2 heteroatoms. The molecule has 0 bridgehead atoms. The van der Waals surface area contributed by atoms with Gasteiger partial charge >= 0.3 is 0 Å². The molecule has 11 heavy (non-hydrogen) atoms. The summed E-state index contributed by atoms with van der Waals surface area (Å²) in [4.78, 5) is 0. The van der Waals surface area contributed by atoms with Crippen LogP contribution >= 0.6 is 0 Å². The summed E-state index contributed by atoms with van der Waals surface area (Å²) in [5.41, 5.74) is 0. The van der Waals surface area contributed by atoms with E-state index in [0.717, 1.165) is 0 Å². The standard InChI is InChI=1S/C9H20OS/c1-7(2)9(8(3)4)11(5,6)10/h7-9H,5H2,1-4,6H3. The van der Waals surface area contributed by atoms with Crippen LogP contribution in [0.3, 0.4) is 0 Å². The maximum atomic E-state index is 11.7. The first-order valence-electron chi connectivity index (χ1n) is 4.08. The molecule has 0 heterocycles. The molecule has 0 aliphatic heterocycles. The highest BCUT2D eigenvalue weighted by atomic mass is 32.2. The first-order chi connectivity index (χ1) is 4.76. The zero-order chi connectivity index (χ0) is 9.23. The van der Waals surface area contributed by atoms with Crippen molar-refractivity contribution in [2.75, 3.05) is 6.26 Å². The zero-order valence-electron chi connectivity index (χ0n) is 8.26. The summed E-state index contributed by atoms with van der Waals surface area (Å²) in [7, 11) is -1.86. The van der Waals surface area contributed by atoms with E-state index < -0.39 is 9.52 Å². The lowest BCUT2D eigenvalue weighted by molar-refractivity contribution is 0.473. The second-order valence-corrected chi connectivity index (χ2v) is 6.71. The molecule has 0 radical (unpaired) electrons. The summed E-state index contributed by atoms with van der Waals surface area (Å²) in [5.74, 6) is 4.67. The Morgan fingerprint density at radius 2 is 1.36 bits per heavy atom. The lowest BCUT2D eigenvalue weighted by Gasteiger charge is -2.26. The fraction of sp³-hybridized carbons (Fsp3) is 0.889. The molecular weight excluding hydrogens is 156 g/mol. The van der Waals surface area contributed by atoms with Crippen LogP contribution in [0.15, 0.2) is 0 Å². The molecular formula is C9H20OS. The van der Waals surface area contributed by atoms with Crippen LogP contribution in [0.5, 0.6) is 0 Å². The largest absolute Gasteiger partial charge is 0.268 e. The SMILES string of the molecule is C=S(C)(=O)C(C(C)C)C(C)C. The van der Waals surface area contributed by atoms with Gasteiger partial charge in [-0.1, -0.05) is 27.7 Å². The van der Waals surface area contributed by atoms with Crippen molar-refractivity contribution in [3.63, 3.8) is 0 Å².